The van der Waals surface area contributed by atoms with Crippen molar-refractivity contribution >= 4 is 11.7 Å². The Balaban J connectivity index is 2.83. The first-order chi connectivity index (χ1) is 8.81. The van der Waals surface area contributed by atoms with Gasteiger partial charge in [-0.3, -0.25) is 4.84 Å². The quantitative estimate of drug-likeness (QED) is 0.631. The molecule has 5 heteroatoms. The normalized spacial score (nSPS) is 10.4. The second-order valence-corrected chi connectivity index (χ2v) is 4.50. The van der Waals surface area contributed by atoms with Crippen molar-refractivity contribution < 1.29 is 14.7 Å². The summed E-state index contributed by atoms with van der Waals surface area (Å²) in [5.41, 5.74) is 0.270. The molecule has 102 valence electrons. The molecule has 0 atom stereocenters. The minimum Gasteiger partial charge on any atom is -0.378 e. The van der Waals surface area contributed by atoms with Crippen molar-refractivity contribution in [1.29, 1.82) is 0 Å². The third kappa shape index (κ3) is 5.42. The number of rotatable bonds is 2. The van der Waals surface area contributed by atoms with Crippen LogP contribution in [0.3, 0.4) is 0 Å². The van der Waals surface area contributed by atoms with Crippen LogP contribution in [-0.4, -0.2) is 36.0 Å². The van der Waals surface area contributed by atoms with Gasteiger partial charge in [0.2, 0.25) is 0 Å². The summed E-state index contributed by atoms with van der Waals surface area (Å²) in [6, 6.07) is 6.66. The fourth-order valence-corrected chi connectivity index (χ4v) is 1.18. The average molecular weight is 262 g/mol. The molecule has 1 aromatic carbocycles. The second kappa shape index (κ2) is 6.23. The summed E-state index contributed by atoms with van der Waals surface area (Å²) in [7, 11) is 2.91. The third-order valence-electron chi connectivity index (χ3n) is 2.19. The molecule has 1 rings (SSSR count). The minimum atomic E-state index is -1.05. The summed E-state index contributed by atoms with van der Waals surface area (Å²) in [6.45, 7) is 3.22. The van der Waals surface area contributed by atoms with Gasteiger partial charge in [0.05, 0.1) is 7.11 Å². The predicted molar refractivity (Wildman–Crippen MR) is 73.4 cm³/mol. The average Bonchev–Trinajstić information content (AvgIpc) is 2.35. The monoisotopic (exact) mass is 262 g/mol. The molecule has 0 aliphatic rings. The molecule has 0 bridgehead atoms. The first kappa shape index (κ1) is 15.0. The molecule has 0 unspecified atom stereocenters. The van der Waals surface area contributed by atoms with Gasteiger partial charge in [-0.25, -0.2) is 9.86 Å². The molecular formula is C14H18N2O3. The fourth-order valence-electron chi connectivity index (χ4n) is 1.18. The van der Waals surface area contributed by atoms with Gasteiger partial charge in [0.25, 0.3) is 0 Å². The summed E-state index contributed by atoms with van der Waals surface area (Å²) in [5, 5.41) is 13.3. The highest BCUT2D eigenvalue weighted by atomic mass is 16.7. The van der Waals surface area contributed by atoms with E-state index in [4.69, 9.17) is 4.84 Å². The lowest BCUT2D eigenvalue weighted by atomic mass is 10.1. The summed E-state index contributed by atoms with van der Waals surface area (Å²) < 4.78 is 0. The van der Waals surface area contributed by atoms with E-state index in [-0.39, 0.29) is 6.03 Å². The molecule has 0 fully saturated rings. The van der Waals surface area contributed by atoms with Crippen LogP contribution in [0.5, 0.6) is 0 Å². The highest BCUT2D eigenvalue weighted by Crippen LogP contribution is 2.11. The zero-order chi connectivity index (χ0) is 14.5. The van der Waals surface area contributed by atoms with E-state index in [1.807, 2.05) is 0 Å². The Bertz CT molecular complexity index is 509. The molecule has 0 aromatic heterocycles. The maximum atomic E-state index is 11.6. The van der Waals surface area contributed by atoms with E-state index in [1.165, 1.54) is 14.2 Å². The zero-order valence-corrected chi connectivity index (χ0v) is 11.5. The third-order valence-corrected chi connectivity index (χ3v) is 2.19. The van der Waals surface area contributed by atoms with Crippen LogP contribution in [0.4, 0.5) is 10.5 Å². The number of hydrogen-bond acceptors (Lipinski definition) is 3. The van der Waals surface area contributed by atoms with Gasteiger partial charge in [0.1, 0.15) is 5.60 Å². The van der Waals surface area contributed by atoms with Gasteiger partial charge >= 0.3 is 6.03 Å². The van der Waals surface area contributed by atoms with Crippen LogP contribution in [-0.2, 0) is 4.84 Å². The molecule has 2 N–H and O–H groups in total. The maximum absolute atomic E-state index is 11.6. The number of benzene rings is 1. The lowest BCUT2D eigenvalue weighted by Gasteiger charge is -2.14. The molecule has 1 aromatic rings. The number of nitrogens with zero attached hydrogens (tertiary/aromatic N) is 1. The minimum absolute atomic E-state index is 0.380. The Hall–Kier alpha value is -2.03. The van der Waals surface area contributed by atoms with E-state index in [0.717, 1.165) is 5.06 Å². The highest BCUT2D eigenvalue weighted by Gasteiger charge is 2.08. The van der Waals surface area contributed by atoms with Crippen molar-refractivity contribution in [3.8, 4) is 11.8 Å². The summed E-state index contributed by atoms with van der Waals surface area (Å²) >= 11 is 0. The van der Waals surface area contributed by atoms with E-state index in [0.29, 0.717) is 11.3 Å². The van der Waals surface area contributed by atoms with Gasteiger partial charge in [-0.05, 0) is 32.0 Å². The van der Waals surface area contributed by atoms with Crippen molar-refractivity contribution in [3.05, 3.63) is 29.8 Å². The van der Waals surface area contributed by atoms with Crippen LogP contribution in [0.2, 0.25) is 0 Å². The predicted octanol–water partition coefficient (Wildman–Crippen LogP) is 1.83. The summed E-state index contributed by atoms with van der Waals surface area (Å²) in [6.07, 6.45) is 0. The van der Waals surface area contributed by atoms with Crippen LogP contribution in [0.15, 0.2) is 24.3 Å². The van der Waals surface area contributed by atoms with Crippen LogP contribution >= 0.6 is 0 Å². The number of anilines is 1. The lowest BCUT2D eigenvalue weighted by molar-refractivity contribution is -0.0598. The van der Waals surface area contributed by atoms with Gasteiger partial charge in [-0.15, -0.1) is 0 Å². The Kier molecular flexibility index (Phi) is 4.93. The number of hydrogen-bond donors (Lipinski definition) is 2. The Morgan fingerprint density at radius 3 is 2.74 bits per heavy atom. The molecule has 19 heavy (non-hydrogen) atoms. The van der Waals surface area contributed by atoms with E-state index < -0.39 is 5.60 Å². The first-order valence-electron chi connectivity index (χ1n) is 5.76. The Labute approximate surface area is 113 Å². The lowest BCUT2D eigenvalue weighted by Crippen LogP contribution is -2.30. The maximum Gasteiger partial charge on any atom is 0.345 e. The van der Waals surface area contributed by atoms with E-state index in [2.05, 4.69) is 17.2 Å². The largest absolute Gasteiger partial charge is 0.378 e. The van der Waals surface area contributed by atoms with E-state index in [1.54, 1.807) is 38.1 Å². The Morgan fingerprint density at radius 2 is 2.16 bits per heavy atom. The molecule has 0 spiro atoms. The molecule has 2 amide bonds. The smallest absolute Gasteiger partial charge is 0.345 e. The van der Waals surface area contributed by atoms with Crippen molar-refractivity contribution in [3.63, 3.8) is 0 Å². The van der Waals surface area contributed by atoms with Crippen LogP contribution in [0, 0.1) is 11.8 Å². The van der Waals surface area contributed by atoms with Crippen LogP contribution < -0.4 is 5.32 Å². The molecule has 0 radical (unpaired) electrons. The van der Waals surface area contributed by atoms with E-state index >= 15 is 0 Å². The SMILES string of the molecule is CON(C)C(=O)Nc1cccc(C#CC(C)(C)O)c1. The van der Waals surface area contributed by atoms with E-state index in [9.17, 15) is 9.90 Å². The second-order valence-electron chi connectivity index (χ2n) is 4.50. The van der Waals surface area contributed by atoms with Gasteiger partial charge in [-0.1, -0.05) is 17.9 Å². The molecule has 0 saturated heterocycles. The topological polar surface area (TPSA) is 61.8 Å². The van der Waals surface area contributed by atoms with Crippen molar-refractivity contribution in [1.82, 2.24) is 5.06 Å². The van der Waals surface area contributed by atoms with Crippen molar-refractivity contribution in [2.24, 2.45) is 0 Å². The summed E-state index contributed by atoms with van der Waals surface area (Å²) in [5.74, 6) is 5.56. The number of aliphatic hydroxyl groups is 1. The van der Waals surface area contributed by atoms with Crippen LogP contribution in [0.1, 0.15) is 19.4 Å². The van der Waals surface area contributed by atoms with Crippen LogP contribution in [0.25, 0.3) is 0 Å². The number of hydroxylamine groups is 2. The van der Waals surface area contributed by atoms with Gasteiger partial charge in [0.15, 0.2) is 0 Å². The molecule has 0 aliphatic carbocycles. The summed E-state index contributed by atoms with van der Waals surface area (Å²) in [4.78, 5) is 16.4. The van der Waals surface area contributed by atoms with Gasteiger partial charge in [-0.2, -0.15) is 0 Å². The number of carbonyl (C=O) groups is 1. The number of amides is 2. The fraction of sp³-hybridized carbons (Fsp3) is 0.357. The standard InChI is InChI=1S/C14H18N2O3/c1-14(2,18)9-8-11-6-5-7-12(10-11)15-13(17)16(3)19-4/h5-7,10,18H,1-4H3,(H,15,17). The first-order valence-corrected chi connectivity index (χ1v) is 5.76. The van der Waals surface area contributed by atoms with Crippen molar-refractivity contribution in [2.75, 3.05) is 19.5 Å². The number of urea groups is 1. The highest BCUT2D eigenvalue weighted by molar-refractivity contribution is 5.88. The molecule has 0 aliphatic heterocycles. The van der Waals surface area contributed by atoms with Gasteiger partial charge in [0, 0.05) is 18.3 Å². The zero-order valence-electron chi connectivity index (χ0n) is 11.5. The van der Waals surface area contributed by atoms with Gasteiger partial charge < -0.3 is 10.4 Å². The number of nitrogens with one attached hydrogen (secondary N) is 1. The van der Waals surface area contributed by atoms with Crippen molar-refractivity contribution in [2.45, 2.75) is 19.4 Å². The molecule has 5 nitrogen and oxygen atoms in total. The molecular weight excluding hydrogens is 244 g/mol. The Morgan fingerprint density at radius 1 is 1.47 bits per heavy atom. The number of carbonyl (C=O) groups excluding carboxylic acids is 1. The molecule has 0 saturated carbocycles. The molecule has 0 heterocycles.